The number of hydrogen-bond donors (Lipinski definition) is 2. The van der Waals surface area contributed by atoms with Gasteiger partial charge in [0.15, 0.2) is 0 Å². The molecule has 1 fully saturated rings. The summed E-state index contributed by atoms with van der Waals surface area (Å²) in [5, 5.41) is 22.6. The van der Waals surface area contributed by atoms with Crippen molar-refractivity contribution >= 4 is 11.6 Å². The van der Waals surface area contributed by atoms with Crippen molar-refractivity contribution in [1.29, 1.82) is 0 Å². The molecule has 2 aromatic rings. The van der Waals surface area contributed by atoms with Crippen LogP contribution in [0.4, 0.5) is 0 Å². The zero-order valence-corrected chi connectivity index (χ0v) is 12.5. The topological polar surface area (TPSA) is 63.0 Å². The van der Waals surface area contributed by atoms with Crippen LogP contribution in [0.1, 0.15) is 36.1 Å². The summed E-state index contributed by atoms with van der Waals surface area (Å²) in [5.74, 6) is 0.427. The standard InChI is InChI=1S/C15H19ClN4O/c16-13-5-1-3-11(7-13)15(21)10-20-9-14(18-19-20)12-4-2-6-17-8-12/h1,3,5,7,9,12,15,17,21H,2,4,6,8,10H2. The maximum absolute atomic E-state index is 10.3. The summed E-state index contributed by atoms with van der Waals surface area (Å²) in [6, 6.07) is 7.26. The van der Waals surface area contributed by atoms with E-state index in [1.807, 2.05) is 18.3 Å². The molecule has 1 aliphatic heterocycles. The van der Waals surface area contributed by atoms with Gasteiger partial charge in [0.05, 0.1) is 18.3 Å². The Morgan fingerprint density at radius 2 is 2.38 bits per heavy atom. The first-order valence-corrected chi connectivity index (χ1v) is 7.64. The predicted molar refractivity (Wildman–Crippen MR) is 81.3 cm³/mol. The highest BCUT2D eigenvalue weighted by molar-refractivity contribution is 6.30. The lowest BCUT2D eigenvalue weighted by molar-refractivity contribution is 0.150. The molecule has 0 spiro atoms. The molecule has 2 atom stereocenters. The summed E-state index contributed by atoms with van der Waals surface area (Å²) >= 11 is 5.94. The molecule has 0 aliphatic carbocycles. The number of aromatic nitrogens is 3. The van der Waals surface area contributed by atoms with Crippen LogP contribution in [-0.2, 0) is 6.54 Å². The third-order valence-corrected chi connectivity index (χ3v) is 4.10. The smallest absolute Gasteiger partial charge is 0.0987 e. The molecule has 1 aliphatic rings. The van der Waals surface area contributed by atoms with Crippen LogP contribution in [0.5, 0.6) is 0 Å². The zero-order chi connectivity index (χ0) is 14.7. The highest BCUT2D eigenvalue weighted by Gasteiger charge is 2.19. The summed E-state index contributed by atoms with van der Waals surface area (Å²) in [7, 11) is 0. The Morgan fingerprint density at radius 3 is 3.14 bits per heavy atom. The van der Waals surface area contributed by atoms with E-state index in [0.29, 0.717) is 17.5 Å². The summed E-state index contributed by atoms with van der Waals surface area (Å²) in [4.78, 5) is 0. The van der Waals surface area contributed by atoms with Gasteiger partial charge in [-0.2, -0.15) is 0 Å². The lowest BCUT2D eigenvalue weighted by Crippen LogP contribution is -2.28. The lowest BCUT2D eigenvalue weighted by Gasteiger charge is -2.20. The summed E-state index contributed by atoms with van der Waals surface area (Å²) in [5.41, 5.74) is 1.79. The van der Waals surface area contributed by atoms with Gasteiger partial charge in [-0.15, -0.1) is 5.10 Å². The number of aliphatic hydroxyl groups is 1. The molecule has 2 unspecified atom stereocenters. The number of hydrogen-bond acceptors (Lipinski definition) is 4. The second kappa shape index (κ2) is 6.56. The molecule has 1 aromatic carbocycles. The fourth-order valence-electron chi connectivity index (χ4n) is 2.69. The lowest BCUT2D eigenvalue weighted by atomic mass is 9.97. The molecule has 0 radical (unpaired) electrons. The Labute approximate surface area is 128 Å². The number of benzene rings is 1. The molecule has 1 aromatic heterocycles. The second-order valence-electron chi connectivity index (χ2n) is 5.48. The van der Waals surface area contributed by atoms with Crippen LogP contribution < -0.4 is 5.32 Å². The monoisotopic (exact) mass is 306 g/mol. The van der Waals surface area contributed by atoms with Gasteiger partial charge in [-0.05, 0) is 37.1 Å². The molecular weight excluding hydrogens is 288 g/mol. The Balaban J connectivity index is 1.66. The van der Waals surface area contributed by atoms with E-state index in [1.54, 1.807) is 16.8 Å². The molecule has 0 saturated carbocycles. The maximum atomic E-state index is 10.3. The molecule has 1 saturated heterocycles. The summed E-state index contributed by atoms with van der Waals surface area (Å²) in [6.45, 7) is 2.42. The summed E-state index contributed by atoms with van der Waals surface area (Å²) in [6.07, 6.45) is 3.61. The van der Waals surface area contributed by atoms with Crippen molar-refractivity contribution in [3.63, 3.8) is 0 Å². The molecule has 112 valence electrons. The van der Waals surface area contributed by atoms with Crippen LogP contribution in [-0.4, -0.2) is 33.2 Å². The van der Waals surface area contributed by atoms with Crippen molar-refractivity contribution in [1.82, 2.24) is 20.3 Å². The SMILES string of the molecule is OC(Cn1cc(C2CCCNC2)nn1)c1cccc(Cl)c1. The highest BCUT2D eigenvalue weighted by atomic mass is 35.5. The maximum Gasteiger partial charge on any atom is 0.0987 e. The molecule has 0 amide bonds. The molecular formula is C15H19ClN4O. The van der Waals surface area contributed by atoms with E-state index >= 15 is 0 Å². The van der Waals surface area contributed by atoms with Gasteiger partial charge in [0.25, 0.3) is 0 Å². The minimum absolute atomic E-state index is 0.382. The number of nitrogens with zero attached hydrogens (tertiary/aromatic N) is 3. The third kappa shape index (κ3) is 3.61. The zero-order valence-electron chi connectivity index (χ0n) is 11.7. The van der Waals surface area contributed by atoms with Crippen LogP contribution in [0.15, 0.2) is 30.5 Å². The normalized spacial score (nSPS) is 20.4. The van der Waals surface area contributed by atoms with E-state index in [2.05, 4.69) is 15.6 Å². The van der Waals surface area contributed by atoms with Crippen LogP contribution in [0, 0.1) is 0 Å². The first-order chi connectivity index (χ1) is 10.2. The van der Waals surface area contributed by atoms with E-state index < -0.39 is 6.10 Å². The van der Waals surface area contributed by atoms with Crippen molar-refractivity contribution in [2.24, 2.45) is 0 Å². The van der Waals surface area contributed by atoms with E-state index in [1.165, 1.54) is 6.42 Å². The number of halogens is 1. The summed E-state index contributed by atoms with van der Waals surface area (Å²) < 4.78 is 1.70. The van der Waals surface area contributed by atoms with E-state index in [4.69, 9.17) is 11.6 Å². The Bertz CT molecular complexity index is 595. The van der Waals surface area contributed by atoms with Gasteiger partial charge < -0.3 is 10.4 Å². The predicted octanol–water partition coefficient (Wildman–Crippen LogP) is 2.13. The fourth-order valence-corrected chi connectivity index (χ4v) is 2.89. The minimum atomic E-state index is -0.636. The highest BCUT2D eigenvalue weighted by Crippen LogP contribution is 2.22. The van der Waals surface area contributed by atoms with Crippen LogP contribution in [0.25, 0.3) is 0 Å². The van der Waals surface area contributed by atoms with Crippen molar-refractivity contribution in [3.8, 4) is 0 Å². The van der Waals surface area contributed by atoms with Gasteiger partial charge >= 0.3 is 0 Å². The van der Waals surface area contributed by atoms with Gasteiger partial charge in [-0.25, -0.2) is 4.68 Å². The fraction of sp³-hybridized carbons (Fsp3) is 0.467. The van der Waals surface area contributed by atoms with Crippen LogP contribution in [0.2, 0.25) is 5.02 Å². The number of piperidine rings is 1. The van der Waals surface area contributed by atoms with Crippen molar-refractivity contribution < 1.29 is 5.11 Å². The molecule has 2 N–H and O–H groups in total. The molecule has 3 rings (SSSR count). The molecule has 6 heteroatoms. The first kappa shape index (κ1) is 14.5. The van der Waals surface area contributed by atoms with Gasteiger partial charge in [0.2, 0.25) is 0 Å². The quantitative estimate of drug-likeness (QED) is 0.908. The Kier molecular flexibility index (Phi) is 4.53. The first-order valence-electron chi connectivity index (χ1n) is 7.26. The Morgan fingerprint density at radius 1 is 1.48 bits per heavy atom. The number of nitrogens with one attached hydrogen (secondary N) is 1. The van der Waals surface area contributed by atoms with Crippen molar-refractivity contribution in [2.45, 2.75) is 31.4 Å². The van der Waals surface area contributed by atoms with E-state index in [0.717, 1.165) is 30.8 Å². The molecule has 5 nitrogen and oxygen atoms in total. The van der Waals surface area contributed by atoms with Gasteiger partial charge in [-0.1, -0.05) is 28.9 Å². The largest absolute Gasteiger partial charge is 0.386 e. The van der Waals surface area contributed by atoms with Crippen LogP contribution in [0.3, 0.4) is 0 Å². The molecule has 2 heterocycles. The van der Waals surface area contributed by atoms with Gasteiger partial charge in [0.1, 0.15) is 0 Å². The van der Waals surface area contributed by atoms with Crippen LogP contribution >= 0.6 is 11.6 Å². The Hall–Kier alpha value is -1.43. The van der Waals surface area contributed by atoms with E-state index in [9.17, 15) is 5.11 Å². The van der Waals surface area contributed by atoms with Gasteiger partial charge in [0, 0.05) is 23.7 Å². The third-order valence-electron chi connectivity index (χ3n) is 3.86. The van der Waals surface area contributed by atoms with Gasteiger partial charge in [-0.3, -0.25) is 0 Å². The minimum Gasteiger partial charge on any atom is -0.386 e. The van der Waals surface area contributed by atoms with Crippen molar-refractivity contribution in [3.05, 3.63) is 46.7 Å². The van der Waals surface area contributed by atoms with Crippen molar-refractivity contribution in [2.75, 3.05) is 13.1 Å². The molecule has 0 bridgehead atoms. The average Bonchev–Trinajstić information content (AvgIpc) is 2.97. The van der Waals surface area contributed by atoms with E-state index in [-0.39, 0.29) is 0 Å². The second-order valence-corrected chi connectivity index (χ2v) is 5.92. The number of aliphatic hydroxyl groups excluding tert-OH is 1. The molecule has 21 heavy (non-hydrogen) atoms. The average molecular weight is 307 g/mol. The number of rotatable bonds is 4.